The second-order valence-corrected chi connectivity index (χ2v) is 4.95. The Morgan fingerprint density at radius 3 is 2.76 bits per heavy atom. The monoisotopic (exact) mass is 256 g/mol. The van der Waals surface area contributed by atoms with Crippen molar-refractivity contribution >= 4 is 11.6 Å². The molecule has 1 N–H and O–H groups in total. The van der Waals surface area contributed by atoms with Gasteiger partial charge in [-0.2, -0.15) is 0 Å². The van der Waals surface area contributed by atoms with E-state index in [1.807, 2.05) is 0 Å². The van der Waals surface area contributed by atoms with Crippen molar-refractivity contribution in [1.82, 2.24) is 10.2 Å². The van der Waals surface area contributed by atoms with Crippen LogP contribution in [0.1, 0.15) is 12.5 Å². The molecule has 0 saturated carbocycles. The van der Waals surface area contributed by atoms with Gasteiger partial charge in [0.2, 0.25) is 0 Å². The van der Waals surface area contributed by atoms with Gasteiger partial charge in [0, 0.05) is 42.8 Å². The summed E-state index contributed by atoms with van der Waals surface area (Å²) in [4.78, 5) is 2.37. The van der Waals surface area contributed by atoms with E-state index in [-0.39, 0.29) is 5.82 Å². The van der Waals surface area contributed by atoms with Crippen molar-refractivity contribution in [1.29, 1.82) is 0 Å². The third-order valence-electron chi connectivity index (χ3n) is 3.34. The predicted octanol–water partition coefficient (Wildman–Crippen LogP) is 2.32. The first kappa shape index (κ1) is 12.8. The Bertz CT molecular complexity index is 357. The molecule has 1 aliphatic rings. The Morgan fingerprint density at radius 1 is 1.41 bits per heavy atom. The summed E-state index contributed by atoms with van der Waals surface area (Å²) < 4.78 is 13.7. The van der Waals surface area contributed by atoms with E-state index in [4.69, 9.17) is 11.6 Å². The average molecular weight is 257 g/mol. The lowest BCUT2D eigenvalue weighted by molar-refractivity contribution is 0.182. The molecular formula is C13H18ClFN2. The zero-order valence-electron chi connectivity index (χ0n) is 10.0. The highest BCUT2D eigenvalue weighted by Gasteiger charge is 2.19. The molecule has 0 amide bonds. The molecule has 4 heteroatoms. The first-order valence-electron chi connectivity index (χ1n) is 6.06. The number of halogens is 2. The molecule has 2 rings (SSSR count). The molecule has 0 spiro atoms. The molecule has 0 bridgehead atoms. The molecule has 2 nitrogen and oxygen atoms in total. The molecule has 1 saturated heterocycles. The van der Waals surface area contributed by atoms with Crippen LogP contribution < -0.4 is 5.32 Å². The van der Waals surface area contributed by atoms with Gasteiger partial charge in [-0.05, 0) is 25.5 Å². The molecule has 1 unspecified atom stereocenters. The lowest BCUT2D eigenvalue weighted by Gasteiger charge is -2.33. The number of benzene rings is 1. The number of hydrogen-bond donors (Lipinski definition) is 1. The van der Waals surface area contributed by atoms with Gasteiger partial charge in [0.1, 0.15) is 5.82 Å². The fraction of sp³-hybridized carbons (Fsp3) is 0.538. The van der Waals surface area contributed by atoms with E-state index in [0.29, 0.717) is 23.0 Å². The SMILES string of the molecule is CC(Cc1c(F)cccc1Cl)N1CCNCC1. The van der Waals surface area contributed by atoms with Crippen LogP contribution >= 0.6 is 11.6 Å². The minimum Gasteiger partial charge on any atom is -0.314 e. The minimum atomic E-state index is -0.195. The van der Waals surface area contributed by atoms with Crippen molar-refractivity contribution in [3.8, 4) is 0 Å². The van der Waals surface area contributed by atoms with E-state index >= 15 is 0 Å². The lowest BCUT2D eigenvalue weighted by Crippen LogP contribution is -2.48. The second kappa shape index (κ2) is 5.80. The van der Waals surface area contributed by atoms with Crippen LogP contribution in [-0.4, -0.2) is 37.1 Å². The van der Waals surface area contributed by atoms with Gasteiger partial charge in [-0.1, -0.05) is 17.7 Å². The summed E-state index contributed by atoms with van der Waals surface area (Å²) in [5.74, 6) is -0.195. The minimum absolute atomic E-state index is 0.195. The van der Waals surface area contributed by atoms with Crippen LogP contribution in [0.2, 0.25) is 5.02 Å². The highest BCUT2D eigenvalue weighted by molar-refractivity contribution is 6.31. The number of hydrogen-bond acceptors (Lipinski definition) is 2. The van der Waals surface area contributed by atoms with Crippen molar-refractivity contribution in [3.05, 3.63) is 34.6 Å². The zero-order chi connectivity index (χ0) is 12.3. The summed E-state index contributed by atoms with van der Waals surface area (Å²) in [5.41, 5.74) is 0.639. The molecule has 0 aromatic heterocycles. The number of nitrogens with zero attached hydrogens (tertiary/aromatic N) is 1. The molecule has 1 aromatic carbocycles. The third-order valence-corrected chi connectivity index (χ3v) is 3.69. The largest absolute Gasteiger partial charge is 0.314 e. The van der Waals surface area contributed by atoms with Gasteiger partial charge in [0.05, 0.1) is 0 Å². The maximum atomic E-state index is 13.7. The molecule has 0 aliphatic carbocycles. The fourth-order valence-corrected chi connectivity index (χ4v) is 2.51. The zero-order valence-corrected chi connectivity index (χ0v) is 10.8. The third kappa shape index (κ3) is 3.18. The fourth-order valence-electron chi connectivity index (χ4n) is 2.27. The van der Waals surface area contributed by atoms with Crippen LogP contribution in [0.3, 0.4) is 0 Å². The molecule has 1 atom stereocenters. The number of piperazine rings is 1. The summed E-state index contributed by atoms with van der Waals surface area (Å²) in [6, 6.07) is 5.21. The smallest absolute Gasteiger partial charge is 0.127 e. The van der Waals surface area contributed by atoms with E-state index in [1.54, 1.807) is 12.1 Å². The lowest BCUT2D eigenvalue weighted by atomic mass is 10.0. The molecule has 94 valence electrons. The summed E-state index contributed by atoms with van der Waals surface area (Å²) in [6.07, 6.45) is 0.672. The molecular weight excluding hydrogens is 239 g/mol. The summed E-state index contributed by atoms with van der Waals surface area (Å²) in [5, 5.41) is 3.85. The number of nitrogens with one attached hydrogen (secondary N) is 1. The summed E-state index contributed by atoms with van der Waals surface area (Å²) >= 11 is 6.04. The maximum absolute atomic E-state index is 13.7. The van der Waals surface area contributed by atoms with Gasteiger partial charge in [-0.25, -0.2) is 4.39 Å². The van der Waals surface area contributed by atoms with Gasteiger partial charge in [0.25, 0.3) is 0 Å². The van der Waals surface area contributed by atoms with E-state index in [2.05, 4.69) is 17.1 Å². The van der Waals surface area contributed by atoms with E-state index in [1.165, 1.54) is 6.07 Å². The van der Waals surface area contributed by atoms with Crippen molar-refractivity contribution in [3.63, 3.8) is 0 Å². The topological polar surface area (TPSA) is 15.3 Å². The van der Waals surface area contributed by atoms with Crippen LogP contribution in [0, 0.1) is 5.82 Å². The van der Waals surface area contributed by atoms with Crippen LogP contribution in [-0.2, 0) is 6.42 Å². The van der Waals surface area contributed by atoms with Gasteiger partial charge in [-0.15, -0.1) is 0 Å². The molecule has 17 heavy (non-hydrogen) atoms. The van der Waals surface area contributed by atoms with Gasteiger partial charge in [-0.3, -0.25) is 4.90 Å². The van der Waals surface area contributed by atoms with Crippen LogP contribution in [0.15, 0.2) is 18.2 Å². The van der Waals surface area contributed by atoms with Gasteiger partial charge >= 0.3 is 0 Å². The molecule has 0 radical (unpaired) electrons. The molecule has 1 fully saturated rings. The Balaban J connectivity index is 2.04. The Morgan fingerprint density at radius 2 is 2.12 bits per heavy atom. The van der Waals surface area contributed by atoms with Gasteiger partial charge in [0.15, 0.2) is 0 Å². The maximum Gasteiger partial charge on any atom is 0.127 e. The quantitative estimate of drug-likeness (QED) is 0.893. The van der Waals surface area contributed by atoms with Crippen LogP contribution in [0.4, 0.5) is 4.39 Å². The summed E-state index contributed by atoms with van der Waals surface area (Å²) in [7, 11) is 0. The van der Waals surface area contributed by atoms with E-state index in [0.717, 1.165) is 26.2 Å². The first-order valence-corrected chi connectivity index (χ1v) is 6.44. The Labute approximate surface area is 107 Å². The number of rotatable bonds is 3. The highest BCUT2D eigenvalue weighted by Crippen LogP contribution is 2.21. The summed E-state index contributed by atoms with van der Waals surface area (Å²) in [6.45, 7) is 6.19. The second-order valence-electron chi connectivity index (χ2n) is 4.54. The normalized spacial score (nSPS) is 19.2. The Hall–Kier alpha value is -0.640. The van der Waals surface area contributed by atoms with E-state index < -0.39 is 0 Å². The molecule has 1 heterocycles. The van der Waals surface area contributed by atoms with E-state index in [9.17, 15) is 4.39 Å². The highest BCUT2D eigenvalue weighted by atomic mass is 35.5. The Kier molecular flexibility index (Phi) is 4.37. The standard InChI is InChI=1S/C13H18ClFN2/c1-10(17-7-5-16-6-8-17)9-11-12(14)3-2-4-13(11)15/h2-4,10,16H,5-9H2,1H3. The molecule has 1 aromatic rings. The van der Waals surface area contributed by atoms with Crippen molar-refractivity contribution in [2.45, 2.75) is 19.4 Å². The molecule has 1 aliphatic heterocycles. The van der Waals surface area contributed by atoms with Gasteiger partial charge < -0.3 is 5.32 Å². The van der Waals surface area contributed by atoms with Crippen molar-refractivity contribution in [2.75, 3.05) is 26.2 Å². The predicted molar refractivity (Wildman–Crippen MR) is 69.0 cm³/mol. The average Bonchev–Trinajstić information content (AvgIpc) is 2.35. The first-order chi connectivity index (χ1) is 8.18. The van der Waals surface area contributed by atoms with Crippen LogP contribution in [0.5, 0.6) is 0 Å². The van der Waals surface area contributed by atoms with Crippen molar-refractivity contribution < 1.29 is 4.39 Å². The van der Waals surface area contributed by atoms with Crippen molar-refractivity contribution in [2.24, 2.45) is 0 Å². The van der Waals surface area contributed by atoms with Crippen LogP contribution in [0.25, 0.3) is 0 Å².